The molecule has 2 aromatic rings. The molecule has 0 atom stereocenters. The van der Waals surface area contributed by atoms with Crippen LogP contribution in [0, 0.1) is 0 Å². The lowest BCUT2D eigenvalue weighted by Gasteiger charge is -2.09. The van der Waals surface area contributed by atoms with Crippen molar-refractivity contribution >= 4 is 15.7 Å². The summed E-state index contributed by atoms with van der Waals surface area (Å²) >= 11 is 0. The topological polar surface area (TPSA) is 83.5 Å². The van der Waals surface area contributed by atoms with Crippen LogP contribution in [0.4, 0.5) is 0 Å². The van der Waals surface area contributed by atoms with Gasteiger partial charge in [-0.2, -0.15) is 0 Å². The van der Waals surface area contributed by atoms with Crippen molar-refractivity contribution in [2.75, 3.05) is 18.9 Å². The molecule has 5 nitrogen and oxygen atoms in total. The first-order valence-corrected chi connectivity index (χ1v) is 10.4. The fraction of sp³-hybridized carbons (Fsp3) is 0.350. The molecule has 0 bridgehead atoms. The molecule has 0 saturated heterocycles. The molecule has 26 heavy (non-hydrogen) atoms. The summed E-state index contributed by atoms with van der Waals surface area (Å²) in [6.07, 6.45) is 0. The van der Waals surface area contributed by atoms with Crippen LogP contribution in [0.2, 0.25) is 0 Å². The minimum Gasteiger partial charge on any atom is -0.395 e. The highest BCUT2D eigenvalue weighted by atomic mass is 32.2. The fourth-order valence-electron chi connectivity index (χ4n) is 2.60. The van der Waals surface area contributed by atoms with Crippen molar-refractivity contribution in [3.05, 3.63) is 59.7 Å². The molecule has 2 rings (SSSR count). The highest BCUT2D eigenvalue weighted by Crippen LogP contribution is 2.23. The van der Waals surface area contributed by atoms with Gasteiger partial charge in [-0.3, -0.25) is 4.79 Å². The number of benzene rings is 2. The zero-order chi connectivity index (χ0) is 19.2. The van der Waals surface area contributed by atoms with Crippen molar-refractivity contribution in [1.29, 1.82) is 0 Å². The van der Waals surface area contributed by atoms with Gasteiger partial charge in [-0.15, -0.1) is 0 Å². The summed E-state index contributed by atoms with van der Waals surface area (Å²) in [5.74, 6) is -0.885. The minimum absolute atomic E-state index is 0.0542. The molecular weight excluding hydrogens is 350 g/mol. The van der Waals surface area contributed by atoms with E-state index >= 15 is 0 Å². The van der Waals surface area contributed by atoms with Gasteiger partial charge in [0, 0.05) is 6.54 Å². The van der Waals surface area contributed by atoms with E-state index in [-0.39, 0.29) is 18.9 Å². The Balaban J connectivity index is 2.03. The maximum atomic E-state index is 12.1. The molecule has 0 aromatic heterocycles. The fourth-order valence-corrected chi connectivity index (χ4v) is 3.91. The van der Waals surface area contributed by atoms with Crippen molar-refractivity contribution < 1.29 is 18.3 Å². The Morgan fingerprint density at radius 3 is 2.04 bits per heavy atom. The third-order valence-corrected chi connectivity index (χ3v) is 5.51. The SMILES string of the molecule is CC(C)c1ccc(-c2ccc(CS(=O)(=O)CC(=O)NCCO)cc2)cc1. The smallest absolute Gasteiger partial charge is 0.235 e. The van der Waals surface area contributed by atoms with E-state index in [0.717, 1.165) is 11.1 Å². The zero-order valence-corrected chi connectivity index (χ0v) is 15.9. The van der Waals surface area contributed by atoms with Crippen LogP contribution < -0.4 is 5.32 Å². The Morgan fingerprint density at radius 2 is 1.54 bits per heavy atom. The standard InChI is InChI=1S/C20H25NO4S/c1-15(2)17-7-9-19(10-8-17)18-5-3-16(4-6-18)13-26(24,25)14-20(23)21-11-12-22/h3-10,15,22H,11-14H2,1-2H3,(H,21,23). The van der Waals surface area contributed by atoms with Crippen LogP contribution in [0.15, 0.2) is 48.5 Å². The molecule has 0 radical (unpaired) electrons. The molecule has 6 heteroatoms. The third kappa shape index (κ3) is 5.97. The lowest BCUT2D eigenvalue weighted by molar-refractivity contribution is -0.118. The monoisotopic (exact) mass is 375 g/mol. The van der Waals surface area contributed by atoms with E-state index in [1.165, 1.54) is 5.56 Å². The normalized spacial score (nSPS) is 11.5. The summed E-state index contributed by atoms with van der Waals surface area (Å²) in [6.45, 7) is 4.13. The second-order valence-electron chi connectivity index (χ2n) is 6.58. The molecule has 0 spiro atoms. The molecular formula is C20H25NO4S. The number of amides is 1. The number of carbonyl (C=O) groups is 1. The largest absolute Gasteiger partial charge is 0.395 e. The van der Waals surface area contributed by atoms with E-state index in [1.807, 2.05) is 12.1 Å². The summed E-state index contributed by atoms with van der Waals surface area (Å²) in [4.78, 5) is 11.5. The summed E-state index contributed by atoms with van der Waals surface area (Å²) in [5.41, 5.74) is 4.01. The number of hydrogen-bond acceptors (Lipinski definition) is 4. The van der Waals surface area contributed by atoms with Crippen molar-refractivity contribution in [2.45, 2.75) is 25.5 Å². The lowest BCUT2D eigenvalue weighted by atomic mass is 9.98. The Kier molecular flexibility index (Phi) is 6.94. The van der Waals surface area contributed by atoms with Crippen molar-refractivity contribution in [1.82, 2.24) is 5.32 Å². The van der Waals surface area contributed by atoms with E-state index in [1.54, 1.807) is 12.1 Å². The molecule has 2 N–H and O–H groups in total. The van der Waals surface area contributed by atoms with Gasteiger partial charge >= 0.3 is 0 Å². The predicted octanol–water partition coefficient (Wildman–Crippen LogP) is 2.50. The number of rotatable bonds is 8. The first kappa shape index (κ1) is 20.1. The Morgan fingerprint density at radius 1 is 1.00 bits per heavy atom. The summed E-state index contributed by atoms with van der Waals surface area (Å²) in [7, 11) is -3.55. The van der Waals surface area contributed by atoms with Crippen LogP contribution in [-0.2, 0) is 20.4 Å². The van der Waals surface area contributed by atoms with E-state index in [2.05, 4.69) is 43.4 Å². The maximum Gasteiger partial charge on any atom is 0.235 e. The van der Waals surface area contributed by atoms with Crippen molar-refractivity contribution in [2.24, 2.45) is 0 Å². The summed E-state index contributed by atoms with van der Waals surface area (Å²) in [6, 6.07) is 15.7. The Labute approximate surface area is 155 Å². The van der Waals surface area contributed by atoms with Crippen LogP contribution in [0.1, 0.15) is 30.9 Å². The van der Waals surface area contributed by atoms with Crippen LogP contribution in [0.25, 0.3) is 11.1 Å². The highest BCUT2D eigenvalue weighted by molar-refractivity contribution is 7.91. The van der Waals surface area contributed by atoms with Crippen LogP contribution >= 0.6 is 0 Å². The Hall–Kier alpha value is -2.18. The van der Waals surface area contributed by atoms with Crippen LogP contribution in [0.3, 0.4) is 0 Å². The van der Waals surface area contributed by atoms with Crippen LogP contribution in [0.5, 0.6) is 0 Å². The van der Waals surface area contributed by atoms with Gasteiger partial charge in [-0.1, -0.05) is 62.4 Å². The van der Waals surface area contributed by atoms with Gasteiger partial charge in [-0.25, -0.2) is 8.42 Å². The van der Waals surface area contributed by atoms with Gasteiger partial charge in [0.05, 0.1) is 12.4 Å². The molecule has 0 aliphatic heterocycles. The first-order valence-electron chi connectivity index (χ1n) is 8.58. The molecule has 0 unspecified atom stereocenters. The van der Waals surface area contributed by atoms with E-state index < -0.39 is 21.5 Å². The van der Waals surface area contributed by atoms with Gasteiger partial charge in [0.25, 0.3) is 0 Å². The molecule has 0 aliphatic carbocycles. The molecule has 140 valence electrons. The summed E-state index contributed by atoms with van der Waals surface area (Å²) in [5, 5.41) is 11.0. The summed E-state index contributed by atoms with van der Waals surface area (Å²) < 4.78 is 24.2. The lowest BCUT2D eigenvalue weighted by Crippen LogP contribution is -2.32. The molecule has 0 heterocycles. The average Bonchev–Trinajstić information content (AvgIpc) is 2.60. The zero-order valence-electron chi connectivity index (χ0n) is 15.1. The number of hydrogen-bond donors (Lipinski definition) is 2. The quantitative estimate of drug-likeness (QED) is 0.743. The first-order chi connectivity index (χ1) is 12.3. The Bertz CT molecular complexity index is 825. The van der Waals surface area contributed by atoms with Crippen molar-refractivity contribution in [3.63, 3.8) is 0 Å². The van der Waals surface area contributed by atoms with Crippen molar-refractivity contribution in [3.8, 4) is 11.1 Å². The van der Waals surface area contributed by atoms with Gasteiger partial charge in [0.2, 0.25) is 5.91 Å². The second kappa shape index (κ2) is 8.96. The number of nitrogens with one attached hydrogen (secondary N) is 1. The molecule has 1 amide bonds. The van der Waals surface area contributed by atoms with Gasteiger partial charge < -0.3 is 10.4 Å². The van der Waals surface area contributed by atoms with Crippen LogP contribution in [-0.4, -0.2) is 38.3 Å². The van der Waals surface area contributed by atoms with Gasteiger partial charge in [-0.05, 0) is 28.2 Å². The molecule has 2 aromatic carbocycles. The number of aliphatic hydroxyl groups excluding tert-OH is 1. The van der Waals surface area contributed by atoms with Gasteiger partial charge in [0.1, 0.15) is 5.75 Å². The van der Waals surface area contributed by atoms with E-state index in [9.17, 15) is 13.2 Å². The highest BCUT2D eigenvalue weighted by Gasteiger charge is 2.17. The van der Waals surface area contributed by atoms with E-state index in [0.29, 0.717) is 11.5 Å². The third-order valence-electron chi connectivity index (χ3n) is 4.04. The number of carbonyl (C=O) groups excluding carboxylic acids is 1. The minimum atomic E-state index is -3.55. The predicted molar refractivity (Wildman–Crippen MR) is 104 cm³/mol. The molecule has 0 aliphatic rings. The van der Waals surface area contributed by atoms with Gasteiger partial charge in [0.15, 0.2) is 9.84 Å². The maximum absolute atomic E-state index is 12.1. The number of sulfone groups is 1. The molecule has 0 fully saturated rings. The van der Waals surface area contributed by atoms with E-state index in [4.69, 9.17) is 5.11 Å². The second-order valence-corrected chi connectivity index (χ2v) is 8.64. The molecule has 0 saturated carbocycles. The average molecular weight is 375 g/mol. The number of aliphatic hydroxyl groups is 1.